The summed E-state index contributed by atoms with van der Waals surface area (Å²) in [5.41, 5.74) is -0.875. The van der Waals surface area contributed by atoms with Crippen LogP contribution in [0.15, 0.2) is 18.2 Å². The highest BCUT2D eigenvalue weighted by atomic mass is 35.5. The van der Waals surface area contributed by atoms with E-state index in [1.165, 1.54) is 0 Å². The Labute approximate surface area is 126 Å². The Morgan fingerprint density at radius 1 is 1.38 bits per heavy atom. The highest BCUT2D eigenvalue weighted by molar-refractivity contribution is 6.33. The minimum absolute atomic E-state index is 0.0277. The summed E-state index contributed by atoms with van der Waals surface area (Å²) in [4.78, 5) is 11.7. The maximum Gasteiger partial charge on any atom is 0.416 e. The number of alkyl halides is 3. The fourth-order valence-electron chi connectivity index (χ4n) is 1.59. The highest BCUT2D eigenvalue weighted by Crippen LogP contribution is 2.33. The van der Waals surface area contributed by atoms with E-state index in [9.17, 15) is 18.0 Å². The van der Waals surface area contributed by atoms with Crippen LogP contribution in [0.2, 0.25) is 5.02 Å². The van der Waals surface area contributed by atoms with Crippen LogP contribution in [0, 0.1) is 0 Å². The number of hydrogen-bond donors (Lipinski definition) is 2. The van der Waals surface area contributed by atoms with Gasteiger partial charge in [-0.25, -0.2) is 0 Å². The molecule has 118 valence electrons. The average molecular weight is 323 g/mol. The van der Waals surface area contributed by atoms with E-state index < -0.39 is 11.7 Å². The monoisotopic (exact) mass is 322 g/mol. The van der Waals surface area contributed by atoms with Crippen molar-refractivity contribution in [3.63, 3.8) is 0 Å². The number of nitrogens with one attached hydrogen (secondary N) is 2. The van der Waals surface area contributed by atoms with Crippen molar-refractivity contribution in [1.29, 1.82) is 0 Å². The Bertz CT molecular complexity index is 492. The van der Waals surface area contributed by atoms with Crippen molar-refractivity contribution >= 4 is 23.2 Å². The quantitative estimate of drug-likeness (QED) is 0.828. The second-order valence-electron chi connectivity index (χ2n) is 4.75. The molecule has 0 saturated carbocycles. The van der Waals surface area contributed by atoms with E-state index in [1.807, 2.05) is 13.8 Å². The molecule has 0 fully saturated rings. The summed E-state index contributed by atoms with van der Waals surface area (Å²) in [6, 6.07) is 3.12. The van der Waals surface area contributed by atoms with Gasteiger partial charge in [-0.3, -0.25) is 4.79 Å². The lowest BCUT2D eigenvalue weighted by molar-refractivity contribution is -0.137. The summed E-state index contributed by atoms with van der Waals surface area (Å²) in [7, 11) is 0. The summed E-state index contributed by atoms with van der Waals surface area (Å²) in [5.74, 6) is -0.382. The third-order valence-corrected chi connectivity index (χ3v) is 3.35. The predicted molar refractivity (Wildman–Crippen MR) is 77.5 cm³/mol. The van der Waals surface area contributed by atoms with Gasteiger partial charge in [-0.05, 0) is 31.5 Å². The van der Waals surface area contributed by atoms with E-state index >= 15 is 0 Å². The van der Waals surface area contributed by atoms with Gasteiger partial charge < -0.3 is 10.6 Å². The number of halogens is 4. The van der Waals surface area contributed by atoms with E-state index in [0.29, 0.717) is 6.54 Å². The van der Waals surface area contributed by atoms with Gasteiger partial charge in [0.15, 0.2) is 0 Å². The van der Waals surface area contributed by atoms with Gasteiger partial charge in [-0.1, -0.05) is 18.5 Å². The molecule has 21 heavy (non-hydrogen) atoms. The molecule has 1 rings (SSSR count). The predicted octanol–water partition coefficient (Wildman–Crippen LogP) is 4.08. The zero-order valence-corrected chi connectivity index (χ0v) is 12.6. The zero-order chi connectivity index (χ0) is 16.0. The molecule has 1 aromatic rings. The summed E-state index contributed by atoms with van der Waals surface area (Å²) in [6.07, 6.45) is -3.37. The number of carbonyl (C=O) groups excluding carboxylic acids is 1. The number of hydrogen-bond acceptors (Lipinski definition) is 2. The van der Waals surface area contributed by atoms with Gasteiger partial charge in [0.25, 0.3) is 0 Å². The van der Waals surface area contributed by atoms with Gasteiger partial charge in [0.05, 0.1) is 16.3 Å². The lowest BCUT2D eigenvalue weighted by Crippen LogP contribution is -2.29. The summed E-state index contributed by atoms with van der Waals surface area (Å²) in [5, 5.41) is 5.60. The molecule has 2 N–H and O–H groups in total. The molecule has 0 heterocycles. The number of rotatable bonds is 6. The van der Waals surface area contributed by atoms with Crippen LogP contribution in [0.3, 0.4) is 0 Å². The van der Waals surface area contributed by atoms with Gasteiger partial charge >= 0.3 is 6.18 Å². The molecule has 0 spiro atoms. The van der Waals surface area contributed by atoms with Crippen LogP contribution >= 0.6 is 11.6 Å². The maximum atomic E-state index is 12.6. The molecule has 1 unspecified atom stereocenters. The van der Waals surface area contributed by atoms with Gasteiger partial charge in [0.1, 0.15) is 0 Å². The second-order valence-corrected chi connectivity index (χ2v) is 5.16. The molecule has 3 nitrogen and oxygen atoms in total. The smallest absolute Gasteiger partial charge is 0.325 e. The largest absolute Gasteiger partial charge is 0.416 e. The van der Waals surface area contributed by atoms with Crippen molar-refractivity contribution in [2.45, 2.75) is 38.9 Å². The standard InChI is InChI=1S/C14H18ClF3N2O/c1-3-9(2)19-7-6-13(21)20-12-8-10(14(16,17)18)4-5-11(12)15/h4-5,8-9,19H,3,6-7H2,1-2H3,(H,20,21). The fourth-order valence-corrected chi connectivity index (χ4v) is 1.75. The number of benzene rings is 1. The molecule has 1 atom stereocenters. The van der Waals surface area contributed by atoms with Crippen LogP contribution in [0.4, 0.5) is 18.9 Å². The third-order valence-electron chi connectivity index (χ3n) is 3.03. The minimum Gasteiger partial charge on any atom is -0.325 e. The SMILES string of the molecule is CCC(C)NCCC(=O)Nc1cc(C(F)(F)F)ccc1Cl. The van der Waals surface area contributed by atoms with Crippen molar-refractivity contribution in [3.8, 4) is 0 Å². The molecule has 0 aliphatic rings. The van der Waals surface area contributed by atoms with Crippen LogP contribution in [-0.2, 0) is 11.0 Å². The Balaban J connectivity index is 2.63. The van der Waals surface area contributed by atoms with Crippen LogP contribution in [0.25, 0.3) is 0 Å². The van der Waals surface area contributed by atoms with Crippen molar-refractivity contribution < 1.29 is 18.0 Å². The second kappa shape index (κ2) is 7.66. The first-order chi connectivity index (χ1) is 9.74. The fraction of sp³-hybridized carbons (Fsp3) is 0.500. The summed E-state index contributed by atoms with van der Waals surface area (Å²) < 4.78 is 37.8. The van der Waals surface area contributed by atoms with Crippen LogP contribution in [0.1, 0.15) is 32.3 Å². The number of carbonyl (C=O) groups is 1. The highest BCUT2D eigenvalue weighted by Gasteiger charge is 2.31. The van der Waals surface area contributed by atoms with Crippen molar-refractivity contribution in [1.82, 2.24) is 5.32 Å². The first-order valence-corrected chi connectivity index (χ1v) is 7.01. The first kappa shape index (κ1) is 17.8. The van der Waals surface area contributed by atoms with Gasteiger partial charge in [0, 0.05) is 19.0 Å². The van der Waals surface area contributed by atoms with E-state index in [-0.39, 0.29) is 29.1 Å². The molecule has 1 aromatic carbocycles. The topological polar surface area (TPSA) is 41.1 Å². The number of amides is 1. The molecule has 0 radical (unpaired) electrons. The molecule has 0 aliphatic heterocycles. The Morgan fingerprint density at radius 2 is 2.05 bits per heavy atom. The molecule has 0 saturated heterocycles. The van der Waals surface area contributed by atoms with Crippen LogP contribution in [-0.4, -0.2) is 18.5 Å². The molecule has 7 heteroatoms. The Hall–Kier alpha value is -1.27. The third kappa shape index (κ3) is 5.93. The lowest BCUT2D eigenvalue weighted by Gasteiger charge is -2.13. The Morgan fingerprint density at radius 3 is 2.62 bits per heavy atom. The van der Waals surface area contributed by atoms with Crippen molar-refractivity contribution in [2.75, 3.05) is 11.9 Å². The van der Waals surface area contributed by atoms with Gasteiger partial charge in [-0.15, -0.1) is 0 Å². The van der Waals surface area contributed by atoms with E-state index in [1.54, 1.807) is 0 Å². The van der Waals surface area contributed by atoms with E-state index in [2.05, 4.69) is 10.6 Å². The minimum atomic E-state index is -4.47. The first-order valence-electron chi connectivity index (χ1n) is 6.64. The Kier molecular flexibility index (Phi) is 6.48. The average Bonchev–Trinajstić information content (AvgIpc) is 2.39. The van der Waals surface area contributed by atoms with Crippen LogP contribution in [0.5, 0.6) is 0 Å². The van der Waals surface area contributed by atoms with Crippen molar-refractivity contribution in [3.05, 3.63) is 28.8 Å². The maximum absolute atomic E-state index is 12.6. The summed E-state index contributed by atoms with van der Waals surface area (Å²) in [6.45, 7) is 4.46. The van der Waals surface area contributed by atoms with E-state index in [0.717, 1.165) is 24.6 Å². The lowest BCUT2D eigenvalue weighted by atomic mass is 10.2. The molecule has 0 aliphatic carbocycles. The zero-order valence-electron chi connectivity index (χ0n) is 11.9. The normalized spacial score (nSPS) is 13.0. The molecular formula is C14H18ClF3N2O. The molecule has 0 aromatic heterocycles. The number of anilines is 1. The van der Waals surface area contributed by atoms with Crippen molar-refractivity contribution in [2.24, 2.45) is 0 Å². The van der Waals surface area contributed by atoms with Gasteiger partial charge in [-0.2, -0.15) is 13.2 Å². The summed E-state index contributed by atoms with van der Waals surface area (Å²) >= 11 is 5.80. The van der Waals surface area contributed by atoms with Crippen LogP contribution < -0.4 is 10.6 Å². The molecular weight excluding hydrogens is 305 g/mol. The van der Waals surface area contributed by atoms with E-state index in [4.69, 9.17) is 11.6 Å². The molecule has 1 amide bonds. The van der Waals surface area contributed by atoms with Gasteiger partial charge in [0.2, 0.25) is 5.91 Å². The molecule has 0 bridgehead atoms.